The van der Waals surface area contributed by atoms with Crippen molar-refractivity contribution < 1.29 is 14.3 Å². The Hall–Kier alpha value is -1.84. The highest BCUT2D eigenvalue weighted by Gasteiger charge is 2.32. The number of ether oxygens (including phenoxy) is 1. The Morgan fingerprint density at radius 2 is 1.65 bits per heavy atom. The van der Waals surface area contributed by atoms with E-state index in [2.05, 4.69) is 5.32 Å². The summed E-state index contributed by atoms with van der Waals surface area (Å²) in [5.74, 6) is 0. The Morgan fingerprint density at radius 3 is 2.05 bits per heavy atom. The number of carbonyl (C=O) groups is 2. The van der Waals surface area contributed by atoms with Crippen molar-refractivity contribution in [2.75, 3.05) is 0 Å². The van der Waals surface area contributed by atoms with Crippen molar-refractivity contribution >= 4 is 12.4 Å². The van der Waals surface area contributed by atoms with Gasteiger partial charge in [0.1, 0.15) is 17.4 Å². The maximum atomic E-state index is 11.9. The van der Waals surface area contributed by atoms with Crippen LogP contribution in [0.3, 0.4) is 0 Å². The van der Waals surface area contributed by atoms with Gasteiger partial charge in [0.2, 0.25) is 0 Å². The molecule has 0 fully saturated rings. The minimum Gasteiger partial charge on any atom is -0.444 e. The third-order valence-electron chi connectivity index (χ3n) is 3.00. The minimum absolute atomic E-state index is 0.602. The highest BCUT2D eigenvalue weighted by Crippen LogP contribution is 2.26. The van der Waals surface area contributed by atoms with Crippen LogP contribution in [0.1, 0.15) is 44.4 Å². The van der Waals surface area contributed by atoms with E-state index in [1.54, 1.807) is 27.7 Å². The van der Waals surface area contributed by atoms with Gasteiger partial charge in [-0.05, 0) is 58.2 Å². The number of carbonyl (C=O) groups excluding carboxylic acids is 2. The standard InChI is InChI=1S/C16H23NO3/c1-11-8-7-9-12(2)13(11)16(6,10-18)17-14(19)20-15(3,4)5/h7-10H,1-6H3,(H,17,19). The van der Waals surface area contributed by atoms with Gasteiger partial charge in [0.25, 0.3) is 0 Å². The molecule has 0 aliphatic rings. The fourth-order valence-electron chi connectivity index (χ4n) is 2.30. The number of aryl methyl sites for hydroxylation is 2. The molecule has 0 aromatic heterocycles. The summed E-state index contributed by atoms with van der Waals surface area (Å²) in [4.78, 5) is 23.5. The van der Waals surface area contributed by atoms with Gasteiger partial charge in [0.15, 0.2) is 0 Å². The Bertz CT molecular complexity index is 497. The lowest BCUT2D eigenvalue weighted by Crippen LogP contribution is -2.47. The minimum atomic E-state index is -1.10. The molecule has 110 valence electrons. The summed E-state index contributed by atoms with van der Waals surface area (Å²) in [6.45, 7) is 10.9. The average molecular weight is 277 g/mol. The number of benzene rings is 1. The molecule has 1 aromatic rings. The molecule has 0 radical (unpaired) electrons. The highest BCUT2D eigenvalue weighted by atomic mass is 16.6. The molecular formula is C16H23NO3. The van der Waals surface area contributed by atoms with E-state index in [1.165, 1.54) is 0 Å². The topological polar surface area (TPSA) is 55.4 Å². The molecule has 0 saturated heterocycles. The number of hydrogen-bond acceptors (Lipinski definition) is 3. The van der Waals surface area contributed by atoms with Crippen LogP contribution < -0.4 is 5.32 Å². The maximum absolute atomic E-state index is 11.9. The van der Waals surface area contributed by atoms with E-state index in [4.69, 9.17) is 4.74 Å². The first-order valence-corrected chi connectivity index (χ1v) is 6.63. The molecule has 1 unspecified atom stereocenters. The Balaban J connectivity index is 3.10. The lowest BCUT2D eigenvalue weighted by atomic mass is 9.86. The quantitative estimate of drug-likeness (QED) is 0.863. The maximum Gasteiger partial charge on any atom is 0.408 e. The van der Waals surface area contributed by atoms with Crippen LogP contribution in [0.4, 0.5) is 4.79 Å². The number of hydrogen-bond donors (Lipinski definition) is 1. The van der Waals surface area contributed by atoms with Gasteiger partial charge >= 0.3 is 6.09 Å². The molecule has 0 heterocycles. The van der Waals surface area contributed by atoms with E-state index in [1.807, 2.05) is 32.0 Å². The molecule has 1 aromatic carbocycles. The Labute approximate surface area is 120 Å². The number of aldehydes is 1. The van der Waals surface area contributed by atoms with Gasteiger partial charge in [0, 0.05) is 0 Å². The van der Waals surface area contributed by atoms with Crippen molar-refractivity contribution in [3.63, 3.8) is 0 Å². The second kappa shape index (κ2) is 5.65. The van der Waals surface area contributed by atoms with Crippen molar-refractivity contribution in [3.05, 3.63) is 34.9 Å². The molecule has 20 heavy (non-hydrogen) atoms. The van der Waals surface area contributed by atoms with Crippen LogP contribution in [0, 0.1) is 13.8 Å². The average Bonchev–Trinajstić information content (AvgIpc) is 2.25. The van der Waals surface area contributed by atoms with Crippen molar-refractivity contribution in [2.24, 2.45) is 0 Å². The predicted octanol–water partition coefficient (Wildman–Crippen LogP) is 3.24. The van der Waals surface area contributed by atoms with E-state index in [0.29, 0.717) is 0 Å². The molecule has 0 saturated carbocycles. The fraction of sp³-hybridized carbons (Fsp3) is 0.500. The van der Waals surface area contributed by atoms with Crippen LogP contribution in [0.25, 0.3) is 0 Å². The first-order valence-electron chi connectivity index (χ1n) is 6.63. The van der Waals surface area contributed by atoms with Crippen molar-refractivity contribution in [3.8, 4) is 0 Å². The number of alkyl carbamates (subject to hydrolysis) is 1. The predicted molar refractivity (Wildman–Crippen MR) is 78.7 cm³/mol. The normalized spacial score (nSPS) is 14.3. The molecule has 0 spiro atoms. The summed E-state index contributed by atoms with van der Waals surface area (Å²) in [5, 5.41) is 2.67. The second-order valence-electron chi connectivity index (χ2n) is 6.21. The molecule has 4 heteroatoms. The van der Waals surface area contributed by atoms with E-state index in [9.17, 15) is 9.59 Å². The Kier molecular flexibility index (Phi) is 4.58. The van der Waals surface area contributed by atoms with Crippen LogP contribution in [-0.4, -0.2) is 18.0 Å². The Morgan fingerprint density at radius 1 is 1.15 bits per heavy atom. The second-order valence-corrected chi connectivity index (χ2v) is 6.21. The van der Waals surface area contributed by atoms with Gasteiger partial charge in [-0.2, -0.15) is 0 Å². The zero-order valence-corrected chi connectivity index (χ0v) is 13.0. The van der Waals surface area contributed by atoms with Crippen LogP contribution >= 0.6 is 0 Å². The number of rotatable bonds is 3. The van der Waals surface area contributed by atoms with Gasteiger partial charge in [-0.1, -0.05) is 18.2 Å². The van der Waals surface area contributed by atoms with Crippen molar-refractivity contribution in [1.82, 2.24) is 5.32 Å². The zero-order valence-electron chi connectivity index (χ0n) is 13.0. The smallest absolute Gasteiger partial charge is 0.408 e. The molecule has 0 bridgehead atoms. The molecule has 4 nitrogen and oxygen atoms in total. The van der Waals surface area contributed by atoms with E-state index >= 15 is 0 Å². The molecule has 0 aliphatic heterocycles. The summed E-state index contributed by atoms with van der Waals surface area (Å²) < 4.78 is 5.23. The molecule has 1 amide bonds. The van der Waals surface area contributed by atoms with E-state index < -0.39 is 17.2 Å². The fourth-order valence-corrected chi connectivity index (χ4v) is 2.30. The lowest BCUT2D eigenvalue weighted by Gasteiger charge is -2.30. The van der Waals surface area contributed by atoms with Gasteiger partial charge in [-0.25, -0.2) is 4.79 Å². The van der Waals surface area contributed by atoms with E-state index in [0.717, 1.165) is 23.0 Å². The van der Waals surface area contributed by atoms with Gasteiger partial charge in [-0.3, -0.25) is 0 Å². The van der Waals surface area contributed by atoms with Crippen LogP contribution in [0.5, 0.6) is 0 Å². The monoisotopic (exact) mass is 277 g/mol. The first-order chi connectivity index (χ1) is 9.09. The van der Waals surface area contributed by atoms with Gasteiger partial charge in [-0.15, -0.1) is 0 Å². The molecule has 0 aliphatic carbocycles. The summed E-state index contributed by atoms with van der Waals surface area (Å²) in [7, 11) is 0. The van der Waals surface area contributed by atoms with Gasteiger partial charge in [0.05, 0.1) is 0 Å². The third-order valence-corrected chi connectivity index (χ3v) is 3.00. The summed E-state index contributed by atoms with van der Waals surface area (Å²) in [5.41, 5.74) is 1.01. The zero-order chi connectivity index (χ0) is 15.6. The largest absolute Gasteiger partial charge is 0.444 e. The van der Waals surface area contributed by atoms with Crippen LogP contribution in [0.2, 0.25) is 0 Å². The summed E-state index contributed by atoms with van der Waals surface area (Å²) >= 11 is 0. The van der Waals surface area contributed by atoms with Gasteiger partial charge < -0.3 is 14.8 Å². The van der Waals surface area contributed by atoms with Crippen LogP contribution in [-0.2, 0) is 15.1 Å². The SMILES string of the molecule is Cc1cccc(C)c1C(C)(C=O)NC(=O)OC(C)(C)C. The van der Waals surface area contributed by atoms with E-state index in [-0.39, 0.29) is 0 Å². The van der Waals surface area contributed by atoms with Crippen molar-refractivity contribution in [2.45, 2.75) is 52.7 Å². The van der Waals surface area contributed by atoms with Crippen molar-refractivity contribution in [1.29, 1.82) is 0 Å². The summed E-state index contributed by atoms with van der Waals surface area (Å²) in [6.07, 6.45) is 0.140. The summed E-state index contributed by atoms with van der Waals surface area (Å²) in [6, 6.07) is 5.76. The molecule has 1 rings (SSSR count). The highest BCUT2D eigenvalue weighted by molar-refractivity contribution is 5.78. The molecule has 1 N–H and O–H groups in total. The third kappa shape index (κ3) is 3.83. The molecule has 1 atom stereocenters. The first kappa shape index (κ1) is 16.2. The number of nitrogens with one attached hydrogen (secondary N) is 1. The van der Waals surface area contributed by atoms with Crippen LogP contribution in [0.15, 0.2) is 18.2 Å². The lowest BCUT2D eigenvalue weighted by molar-refractivity contribution is -0.113. The number of amides is 1. The molecular weight excluding hydrogens is 254 g/mol.